The van der Waals surface area contributed by atoms with E-state index in [9.17, 15) is 40.8 Å². The second-order valence-corrected chi connectivity index (χ2v) is 16.8. The predicted octanol–water partition coefficient (Wildman–Crippen LogP) is 5.02. The molecule has 1 aliphatic heterocycles. The number of rotatable bonds is 7. The van der Waals surface area contributed by atoms with E-state index in [1.807, 2.05) is 19.1 Å². The number of allylic oxidation sites excluding steroid dienone is 1. The van der Waals surface area contributed by atoms with Crippen LogP contribution in [0.1, 0.15) is 68.7 Å². The summed E-state index contributed by atoms with van der Waals surface area (Å²) in [6, 6.07) is 2.94. The lowest BCUT2D eigenvalue weighted by Crippen LogP contribution is -2.54. The Hall–Kier alpha value is -3.99. The van der Waals surface area contributed by atoms with Crippen LogP contribution >= 0.6 is 11.3 Å². The van der Waals surface area contributed by atoms with Gasteiger partial charge in [0, 0.05) is 36.1 Å². The zero-order valence-corrected chi connectivity index (χ0v) is 29.8. The van der Waals surface area contributed by atoms with Gasteiger partial charge < -0.3 is 15.0 Å². The summed E-state index contributed by atoms with van der Waals surface area (Å²) < 4.78 is 74.1. The fourth-order valence-electron chi connectivity index (χ4n) is 6.79. The van der Waals surface area contributed by atoms with Crippen molar-refractivity contribution in [3.05, 3.63) is 47.0 Å². The average molecular weight is 752 g/mol. The van der Waals surface area contributed by atoms with Crippen molar-refractivity contribution >= 4 is 50.9 Å². The molecule has 276 valence electrons. The number of nitrogens with one attached hydrogen (secondary N) is 3. The van der Waals surface area contributed by atoms with Crippen LogP contribution < -0.4 is 15.4 Å². The summed E-state index contributed by atoms with van der Waals surface area (Å²) in [4.78, 5) is 61.1. The Morgan fingerprint density at radius 3 is 2.59 bits per heavy atom. The van der Waals surface area contributed by atoms with Crippen molar-refractivity contribution in [3.63, 3.8) is 0 Å². The van der Waals surface area contributed by atoms with Crippen molar-refractivity contribution in [1.29, 1.82) is 0 Å². The molecule has 3 saturated carbocycles. The Balaban J connectivity index is 1.22. The van der Waals surface area contributed by atoms with Crippen LogP contribution in [0.15, 0.2) is 36.5 Å². The van der Waals surface area contributed by atoms with Gasteiger partial charge in [-0.05, 0) is 76.0 Å². The van der Waals surface area contributed by atoms with Crippen LogP contribution in [0.2, 0.25) is 0 Å². The standard InChI is InChI=1S/C34H40F3N5O7S2/c1-3-22-18-38-29(50-22)24-12-9-19(34(35,36)37)14-27(24)39-32(46)49-21-15-25-26(16-21)30(44)42(2)13-7-5-4-6-8-20-17-33(20,40-28(25)43)31(45)41-51(47,48)23-10-11-23/h6,8-9,12,14,18,20-21,23,25-26H,3-5,7,10-11,13,15-17H2,1-2H3,(H,39,46)(H,40,43)(H,41,45). The van der Waals surface area contributed by atoms with E-state index in [1.165, 1.54) is 22.3 Å². The lowest BCUT2D eigenvalue weighted by Gasteiger charge is -2.26. The number of carbonyl (C=O) groups is 4. The van der Waals surface area contributed by atoms with Gasteiger partial charge in [-0.25, -0.2) is 18.2 Å². The molecule has 3 fully saturated rings. The van der Waals surface area contributed by atoms with E-state index in [4.69, 9.17) is 4.74 Å². The van der Waals surface area contributed by atoms with Gasteiger partial charge in [-0.1, -0.05) is 19.1 Å². The van der Waals surface area contributed by atoms with Crippen molar-refractivity contribution in [2.75, 3.05) is 18.9 Å². The first kappa shape index (κ1) is 36.8. The molecule has 12 nitrogen and oxygen atoms in total. The van der Waals surface area contributed by atoms with Gasteiger partial charge >= 0.3 is 12.3 Å². The monoisotopic (exact) mass is 751 g/mol. The van der Waals surface area contributed by atoms with Crippen molar-refractivity contribution in [2.45, 2.75) is 87.8 Å². The van der Waals surface area contributed by atoms with E-state index in [0.29, 0.717) is 43.7 Å². The highest BCUT2D eigenvalue weighted by atomic mass is 32.2. The van der Waals surface area contributed by atoms with E-state index in [0.717, 1.165) is 23.4 Å². The lowest BCUT2D eigenvalue weighted by atomic mass is 9.93. The van der Waals surface area contributed by atoms with E-state index in [2.05, 4.69) is 20.3 Å². The van der Waals surface area contributed by atoms with Gasteiger partial charge in [0.15, 0.2) is 0 Å². The summed E-state index contributed by atoms with van der Waals surface area (Å²) >= 11 is 1.28. The molecule has 17 heteroatoms. The van der Waals surface area contributed by atoms with E-state index >= 15 is 0 Å². The van der Waals surface area contributed by atoms with Crippen LogP contribution in [0.5, 0.6) is 0 Å². The largest absolute Gasteiger partial charge is 0.446 e. The number of anilines is 1. The quantitative estimate of drug-likeness (QED) is 0.333. The van der Waals surface area contributed by atoms with Gasteiger partial charge in [0.2, 0.25) is 21.8 Å². The third-order valence-corrected chi connectivity index (χ3v) is 13.0. The molecule has 0 saturated heterocycles. The van der Waals surface area contributed by atoms with Crippen molar-refractivity contribution < 1.29 is 45.5 Å². The van der Waals surface area contributed by atoms with Gasteiger partial charge in [-0.15, -0.1) is 11.3 Å². The fraction of sp³-hybridized carbons (Fsp3) is 0.559. The minimum absolute atomic E-state index is 0.0466. The van der Waals surface area contributed by atoms with Gasteiger partial charge in [0.25, 0.3) is 5.91 Å². The maximum absolute atomic E-state index is 14.0. The molecule has 1 aromatic heterocycles. The zero-order chi connectivity index (χ0) is 36.7. The summed E-state index contributed by atoms with van der Waals surface area (Å²) in [7, 11) is -2.29. The second-order valence-electron chi connectivity index (χ2n) is 13.7. The van der Waals surface area contributed by atoms with Crippen LogP contribution in [0.4, 0.5) is 23.7 Å². The number of hydrogen-bond donors (Lipinski definition) is 3. The SMILES string of the molecule is CCc1cnc(-c2ccc(C(F)(F)F)cc2NC(=O)OC2CC3C(=O)NC4(C(=O)NS(=O)(=O)C5CC5)CC4C=CCCCCN(C)C(=O)C3C2)s1. The van der Waals surface area contributed by atoms with Crippen LogP contribution in [0.3, 0.4) is 0 Å². The zero-order valence-electron chi connectivity index (χ0n) is 28.1. The highest BCUT2D eigenvalue weighted by Gasteiger charge is 2.62. The van der Waals surface area contributed by atoms with Gasteiger partial charge in [-0.3, -0.25) is 24.4 Å². The topological polar surface area (TPSA) is 164 Å². The first-order valence-corrected chi connectivity index (χ1v) is 19.4. The number of halogens is 3. The summed E-state index contributed by atoms with van der Waals surface area (Å²) in [5.74, 6) is -4.28. The van der Waals surface area contributed by atoms with Gasteiger partial charge in [0.1, 0.15) is 16.7 Å². The Morgan fingerprint density at radius 1 is 1.16 bits per heavy atom. The molecular formula is C34H40F3N5O7S2. The molecule has 1 aromatic carbocycles. The lowest BCUT2D eigenvalue weighted by molar-refractivity contribution is -0.140. The molecule has 3 aliphatic carbocycles. The number of thiazole rings is 1. The van der Waals surface area contributed by atoms with Gasteiger partial charge in [-0.2, -0.15) is 13.2 Å². The maximum Gasteiger partial charge on any atom is 0.416 e. The Kier molecular flexibility index (Phi) is 10.2. The minimum Gasteiger partial charge on any atom is -0.446 e. The first-order valence-electron chi connectivity index (χ1n) is 17.0. The summed E-state index contributed by atoms with van der Waals surface area (Å²) in [5.41, 5.74) is -2.41. The van der Waals surface area contributed by atoms with Crippen LogP contribution in [0.25, 0.3) is 10.6 Å². The van der Waals surface area contributed by atoms with Crippen LogP contribution in [-0.4, -0.2) is 72.6 Å². The number of carbonyl (C=O) groups excluding carboxylic acids is 4. The molecule has 5 atom stereocenters. The Bertz CT molecular complexity index is 1840. The van der Waals surface area contributed by atoms with Crippen molar-refractivity contribution in [1.82, 2.24) is 19.9 Å². The number of aryl methyl sites for hydroxylation is 1. The number of sulfonamides is 1. The fourth-order valence-corrected chi connectivity index (χ4v) is 9.04. The number of hydrogen-bond acceptors (Lipinski definition) is 9. The molecule has 0 bridgehead atoms. The molecule has 4 aliphatic rings. The highest BCUT2D eigenvalue weighted by molar-refractivity contribution is 7.91. The molecule has 0 radical (unpaired) electrons. The molecule has 5 unspecified atom stereocenters. The van der Waals surface area contributed by atoms with E-state index in [-0.39, 0.29) is 36.4 Å². The second kappa shape index (κ2) is 14.2. The van der Waals surface area contributed by atoms with Crippen molar-refractivity contribution in [3.8, 4) is 10.6 Å². The molecule has 6 rings (SSSR count). The van der Waals surface area contributed by atoms with Crippen LogP contribution in [0, 0.1) is 17.8 Å². The number of benzene rings is 1. The molecule has 2 aromatic rings. The van der Waals surface area contributed by atoms with E-state index < -0.39 is 74.3 Å². The summed E-state index contributed by atoms with van der Waals surface area (Å²) in [6.07, 6.45) is 2.23. The number of aromatic nitrogens is 1. The summed E-state index contributed by atoms with van der Waals surface area (Å²) in [5, 5.41) is 4.95. The van der Waals surface area contributed by atoms with Gasteiger partial charge in [0.05, 0.1) is 28.3 Å². The molecule has 0 spiro atoms. The third-order valence-electron chi connectivity index (χ3n) is 9.99. The smallest absolute Gasteiger partial charge is 0.416 e. The third kappa shape index (κ3) is 8.08. The number of alkyl halides is 3. The predicted molar refractivity (Wildman–Crippen MR) is 182 cm³/mol. The summed E-state index contributed by atoms with van der Waals surface area (Å²) in [6.45, 7) is 2.34. The average Bonchev–Trinajstić information content (AvgIpc) is 3.95. The molecular weight excluding hydrogens is 712 g/mol. The first-order chi connectivity index (χ1) is 24.1. The number of nitrogens with zero attached hydrogens (tertiary/aromatic N) is 2. The normalized spacial score (nSPS) is 27.1. The van der Waals surface area contributed by atoms with Crippen molar-refractivity contribution in [2.24, 2.45) is 17.8 Å². The van der Waals surface area contributed by atoms with E-state index in [1.54, 1.807) is 13.2 Å². The number of fused-ring (bicyclic) bond motifs is 2. The minimum atomic E-state index is -4.69. The Morgan fingerprint density at radius 2 is 1.90 bits per heavy atom. The highest BCUT2D eigenvalue weighted by Crippen LogP contribution is 2.47. The molecule has 2 heterocycles. The number of amides is 4. The number of ether oxygens (including phenoxy) is 1. The Labute approximate surface area is 297 Å². The maximum atomic E-state index is 14.0. The molecule has 51 heavy (non-hydrogen) atoms. The van der Waals surface area contributed by atoms with Crippen LogP contribution in [-0.2, 0) is 41.7 Å². The molecule has 4 amide bonds. The molecule has 3 N–H and O–H groups in total.